The maximum atomic E-state index is 6.41. The maximum absolute atomic E-state index is 6.41. The lowest BCUT2D eigenvalue weighted by atomic mass is 9.43. The Morgan fingerprint density at radius 2 is 2.00 bits per heavy atom. The lowest BCUT2D eigenvalue weighted by Gasteiger charge is -2.64. The van der Waals surface area contributed by atoms with Gasteiger partial charge in [0.05, 0.1) is 18.3 Å². The van der Waals surface area contributed by atoms with Gasteiger partial charge in [-0.05, 0) is 49.0 Å². The van der Waals surface area contributed by atoms with Crippen molar-refractivity contribution >= 4 is 7.12 Å². The molecule has 2 N–H and O–H groups in total. The fraction of sp³-hybridized carbons (Fsp3) is 0.700. The van der Waals surface area contributed by atoms with Crippen LogP contribution in [-0.2, 0) is 20.7 Å². The molecule has 5 atom stereocenters. The number of benzene rings is 1. The largest absolute Gasteiger partial charge is 0.475 e. The van der Waals surface area contributed by atoms with E-state index in [1.54, 1.807) is 0 Å². The number of ether oxygens (including phenoxy) is 1. The van der Waals surface area contributed by atoms with Gasteiger partial charge in [0.25, 0.3) is 0 Å². The SMILES string of the molecule is CC1(C)[C@@H]2C[C@H]3OB([C@@H](N)CCOCc4ccccc4)O[C@@]3(C)[C@H]1C2. The van der Waals surface area contributed by atoms with Crippen molar-refractivity contribution in [2.45, 2.75) is 64.3 Å². The van der Waals surface area contributed by atoms with E-state index in [1.165, 1.54) is 12.0 Å². The summed E-state index contributed by atoms with van der Waals surface area (Å²) < 4.78 is 18.4. The fourth-order valence-electron chi connectivity index (χ4n) is 5.20. The second-order valence-corrected chi connectivity index (χ2v) is 8.83. The Balaban J connectivity index is 1.27. The van der Waals surface area contributed by atoms with Crippen molar-refractivity contribution in [3.63, 3.8) is 0 Å². The molecule has 1 aliphatic heterocycles. The van der Waals surface area contributed by atoms with Crippen molar-refractivity contribution in [2.24, 2.45) is 23.0 Å². The molecule has 136 valence electrons. The van der Waals surface area contributed by atoms with Crippen LogP contribution in [0.25, 0.3) is 0 Å². The highest BCUT2D eigenvalue weighted by Crippen LogP contribution is 2.65. The first-order valence-corrected chi connectivity index (χ1v) is 9.62. The molecule has 0 spiro atoms. The summed E-state index contributed by atoms with van der Waals surface area (Å²) in [6.07, 6.45) is 3.32. The minimum absolute atomic E-state index is 0.140. The fourth-order valence-corrected chi connectivity index (χ4v) is 5.20. The average molecular weight is 343 g/mol. The van der Waals surface area contributed by atoms with E-state index < -0.39 is 0 Å². The smallest absolute Gasteiger partial charge is 0.404 e. The molecule has 2 bridgehead atoms. The Labute approximate surface area is 151 Å². The molecular weight excluding hydrogens is 313 g/mol. The van der Waals surface area contributed by atoms with E-state index in [2.05, 4.69) is 32.9 Å². The number of hydrogen-bond donors (Lipinski definition) is 1. The molecule has 3 saturated carbocycles. The van der Waals surface area contributed by atoms with Gasteiger partial charge in [0, 0.05) is 12.5 Å². The summed E-state index contributed by atoms with van der Waals surface area (Å²) in [5, 5.41) is 0. The first kappa shape index (κ1) is 17.5. The average Bonchev–Trinajstić information content (AvgIpc) is 2.96. The molecule has 5 rings (SSSR count). The highest BCUT2D eigenvalue weighted by atomic mass is 16.7. The monoisotopic (exact) mass is 343 g/mol. The highest BCUT2D eigenvalue weighted by molar-refractivity contribution is 6.47. The maximum Gasteiger partial charge on any atom is 0.475 e. The van der Waals surface area contributed by atoms with Gasteiger partial charge in [0.2, 0.25) is 0 Å². The molecule has 0 radical (unpaired) electrons. The molecule has 5 heteroatoms. The van der Waals surface area contributed by atoms with Crippen LogP contribution in [0, 0.1) is 17.3 Å². The van der Waals surface area contributed by atoms with Gasteiger partial charge in [-0.2, -0.15) is 0 Å². The molecular formula is C20H30BNO3. The summed E-state index contributed by atoms with van der Waals surface area (Å²) in [5.74, 6) is 1.21. The number of rotatable bonds is 6. The predicted octanol–water partition coefficient (Wildman–Crippen LogP) is 3.19. The van der Waals surface area contributed by atoms with Crippen LogP contribution >= 0.6 is 0 Å². The molecule has 3 aliphatic carbocycles. The summed E-state index contributed by atoms with van der Waals surface area (Å²) >= 11 is 0. The Bertz CT molecular complexity index is 610. The molecule has 0 aromatic heterocycles. The van der Waals surface area contributed by atoms with E-state index in [4.69, 9.17) is 19.8 Å². The Hall–Kier alpha value is -0.875. The molecule has 4 fully saturated rings. The zero-order valence-corrected chi connectivity index (χ0v) is 15.6. The highest BCUT2D eigenvalue weighted by Gasteiger charge is 2.68. The van der Waals surface area contributed by atoms with E-state index in [0.29, 0.717) is 24.5 Å². The van der Waals surface area contributed by atoms with Gasteiger partial charge in [0.15, 0.2) is 0 Å². The second-order valence-electron chi connectivity index (χ2n) is 8.83. The Kier molecular flexibility index (Phi) is 4.47. The van der Waals surface area contributed by atoms with Crippen LogP contribution in [0.2, 0.25) is 0 Å². The minimum Gasteiger partial charge on any atom is -0.404 e. The third-order valence-electron chi connectivity index (χ3n) is 7.03. The van der Waals surface area contributed by atoms with Crippen LogP contribution in [0.1, 0.15) is 45.6 Å². The van der Waals surface area contributed by atoms with Gasteiger partial charge in [-0.15, -0.1) is 0 Å². The van der Waals surface area contributed by atoms with Gasteiger partial charge in [-0.1, -0.05) is 44.2 Å². The minimum atomic E-state index is -0.300. The van der Waals surface area contributed by atoms with Gasteiger partial charge >= 0.3 is 7.12 Å². The van der Waals surface area contributed by atoms with Crippen LogP contribution in [0.5, 0.6) is 0 Å². The van der Waals surface area contributed by atoms with E-state index in [9.17, 15) is 0 Å². The van der Waals surface area contributed by atoms with Crippen molar-refractivity contribution in [3.05, 3.63) is 35.9 Å². The Morgan fingerprint density at radius 3 is 2.72 bits per heavy atom. The molecule has 4 aliphatic rings. The zero-order valence-electron chi connectivity index (χ0n) is 15.6. The number of nitrogens with two attached hydrogens (primary N) is 1. The quantitative estimate of drug-likeness (QED) is 0.637. The number of hydrogen-bond acceptors (Lipinski definition) is 4. The van der Waals surface area contributed by atoms with Crippen molar-refractivity contribution in [3.8, 4) is 0 Å². The summed E-state index contributed by atoms with van der Waals surface area (Å²) in [7, 11) is -0.300. The third kappa shape index (κ3) is 2.95. The van der Waals surface area contributed by atoms with E-state index in [0.717, 1.165) is 18.8 Å². The predicted molar refractivity (Wildman–Crippen MR) is 98.8 cm³/mol. The van der Waals surface area contributed by atoms with E-state index in [-0.39, 0.29) is 24.8 Å². The zero-order chi connectivity index (χ0) is 17.7. The van der Waals surface area contributed by atoms with Crippen LogP contribution in [0.3, 0.4) is 0 Å². The first-order valence-electron chi connectivity index (χ1n) is 9.62. The third-order valence-corrected chi connectivity index (χ3v) is 7.03. The van der Waals surface area contributed by atoms with Crippen molar-refractivity contribution in [1.82, 2.24) is 0 Å². The summed E-state index contributed by atoms with van der Waals surface area (Å²) in [6.45, 7) is 8.23. The molecule has 1 saturated heterocycles. The van der Waals surface area contributed by atoms with Gasteiger partial charge < -0.3 is 19.8 Å². The summed E-state index contributed by atoms with van der Waals surface area (Å²) in [4.78, 5) is 0. The Morgan fingerprint density at radius 1 is 1.24 bits per heavy atom. The molecule has 0 amide bonds. The summed E-state index contributed by atoms with van der Waals surface area (Å²) in [5.41, 5.74) is 7.75. The van der Waals surface area contributed by atoms with Gasteiger partial charge in [0.1, 0.15) is 0 Å². The van der Waals surface area contributed by atoms with Crippen molar-refractivity contribution in [1.29, 1.82) is 0 Å². The lowest BCUT2D eigenvalue weighted by Crippen LogP contribution is -2.65. The molecule has 0 unspecified atom stereocenters. The van der Waals surface area contributed by atoms with Gasteiger partial charge in [-0.25, -0.2) is 0 Å². The summed E-state index contributed by atoms with van der Waals surface area (Å²) in [6, 6.07) is 10.2. The van der Waals surface area contributed by atoms with E-state index in [1.807, 2.05) is 18.2 Å². The van der Waals surface area contributed by atoms with E-state index >= 15 is 0 Å². The van der Waals surface area contributed by atoms with Gasteiger partial charge in [-0.3, -0.25) is 0 Å². The van der Waals surface area contributed by atoms with Crippen LogP contribution in [0.4, 0.5) is 0 Å². The molecule has 1 aromatic rings. The molecule has 1 heterocycles. The topological polar surface area (TPSA) is 53.7 Å². The lowest BCUT2D eigenvalue weighted by molar-refractivity contribution is -0.199. The van der Waals surface area contributed by atoms with Crippen LogP contribution < -0.4 is 5.73 Å². The molecule has 1 aromatic carbocycles. The first-order chi connectivity index (χ1) is 11.9. The normalized spacial score (nSPS) is 36.6. The van der Waals surface area contributed by atoms with Crippen LogP contribution in [0.15, 0.2) is 30.3 Å². The molecule has 25 heavy (non-hydrogen) atoms. The second kappa shape index (κ2) is 6.38. The van der Waals surface area contributed by atoms with Crippen molar-refractivity contribution in [2.75, 3.05) is 6.61 Å². The molecule has 4 nitrogen and oxygen atoms in total. The standard InChI is InChI=1S/C20H30BNO3/c1-19(2)15-11-16(19)20(3)17(12-15)24-21(25-20)18(22)9-10-23-13-14-7-5-4-6-8-14/h4-8,15-18H,9-13,22H2,1-3H3/t15-,16-,17+,18-,20-/m0/s1. The van der Waals surface area contributed by atoms with Crippen molar-refractivity contribution < 1.29 is 14.0 Å². The van der Waals surface area contributed by atoms with Crippen LogP contribution in [-0.4, -0.2) is 31.4 Å².